The van der Waals surface area contributed by atoms with Crippen molar-refractivity contribution in [3.05, 3.63) is 48.0 Å². The molecule has 1 aromatic rings. The number of nitrogens with zero attached hydrogens (tertiary/aromatic N) is 2. The van der Waals surface area contributed by atoms with Crippen LogP contribution in [0, 0.1) is 0 Å². The van der Waals surface area contributed by atoms with Crippen molar-refractivity contribution in [1.29, 1.82) is 0 Å². The fraction of sp³-hybridized carbons (Fsp3) is 0.438. The number of aliphatic imine (C=N–C) groups is 1. The van der Waals surface area contributed by atoms with Crippen LogP contribution >= 0.6 is 0 Å². The van der Waals surface area contributed by atoms with E-state index >= 15 is 0 Å². The summed E-state index contributed by atoms with van der Waals surface area (Å²) in [5.74, 6) is 0.432. The second-order valence-corrected chi connectivity index (χ2v) is 5.32. The summed E-state index contributed by atoms with van der Waals surface area (Å²) in [5, 5.41) is 12.6. The van der Waals surface area contributed by atoms with Crippen molar-refractivity contribution in [2.45, 2.75) is 25.6 Å². The lowest BCUT2D eigenvalue weighted by molar-refractivity contribution is 0.174. The molecule has 1 aliphatic rings. The number of aliphatic hydroxyl groups is 1. The summed E-state index contributed by atoms with van der Waals surface area (Å²) in [6.07, 6.45) is 2.42. The first-order chi connectivity index (χ1) is 10.2. The van der Waals surface area contributed by atoms with E-state index in [2.05, 4.69) is 33.9 Å². The molecule has 0 spiro atoms. The molecule has 1 unspecified atom stereocenters. The number of aliphatic hydroxyl groups excluding tert-OH is 1. The van der Waals surface area contributed by atoms with E-state index in [9.17, 15) is 5.11 Å². The maximum atomic E-state index is 9.61. The monoisotopic (exact) mass is 288 g/mol. The van der Waals surface area contributed by atoms with Crippen LogP contribution in [0.4, 0.5) is 0 Å². The Labute approximate surface area is 126 Å². The molecule has 1 atom stereocenters. The van der Waals surface area contributed by atoms with Crippen molar-refractivity contribution in [3.8, 4) is 0 Å². The number of guanidine groups is 1. The fourth-order valence-corrected chi connectivity index (χ4v) is 2.47. The average Bonchev–Trinajstić information content (AvgIpc) is 2.89. The molecule has 1 saturated heterocycles. The lowest BCUT2D eigenvalue weighted by atomic mass is 10.1. The van der Waals surface area contributed by atoms with E-state index in [0.29, 0.717) is 19.0 Å². The fourth-order valence-electron chi connectivity index (χ4n) is 2.47. The topological polar surface area (TPSA) is 73.9 Å². The maximum absolute atomic E-state index is 9.61. The quantitative estimate of drug-likeness (QED) is 0.412. The normalized spacial score (nSPS) is 19.7. The van der Waals surface area contributed by atoms with E-state index < -0.39 is 0 Å². The van der Waals surface area contributed by atoms with Gasteiger partial charge in [0.05, 0.1) is 12.6 Å². The van der Waals surface area contributed by atoms with Crippen LogP contribution in [0.2, 0.25) is 0 Å². The third kappa shape index (κ3) is 4.88. The molecule has 4 N–H and O–H groups in total. The molecule has 1 heterocycles. The Bertz CT molecular complexity index is 501. The van der Waals surface area contributed by atoms with Gasteiger partial charge in [0.25, 0.3) is 0 Å². The van der Waals surface area contributed by atoms with Gasteiger partial charge in [-0.25, -0.2) is 4.99 Å². The highest BCUT2D eigenvalue weighted by Crippen LogP contribution is 2.17. The number of rotatable bonds is 6. The molecule has 5 heteroatoms. The Morgan fingerprint density at radius 1 is 1.48 bits per heavy atom. The lowest BCUT2D eigenvalue weighted by Crippen LogP contribution is -2.31. The Morgan fingerprint density at radius 3 is 2.90 bits per heavy atom. The van der Waals surface area contributed by atoms with Crippen molar-refractivity contribution in [2.75, 3.05) is 19.6 Å². The number of nitrogens with two attached hydrogens (primary N) is 1. The van der Waals surface area contributed by atoms with Crippen molar-refractivity contribution in [2.24, 2.45) is 10.7 Å². The molecule has 0 bridgehead atoms. The van der Waals surface area contributed by atoms with Crippen LogP contribution < -0.4 is 11.1 Å². The van der Waals surface area contributed by atoms with Crippen LogP contribution in [0.3, 0.4) is 0 Å². The van der Waals surface area contributed by atoms with E-state index in [-0.39, 0.29) is 6.10 Å². The van der Waals surface area contributed by atoms with E-state index in [4.69, 9.17) is 5.73 Å². The van der Waals surface area contributed by atoms with Crippen LogP contribution in [0.15, 0.2) is 41.9 Å². The van der Waals surface area contributed by atoms with Crippen LogP contribution in [0.1, 0.15) is 17.5 Å². The van der Waals surface area contributed by atoms with E-state index in [1.165, 1.54) is 11.1 Å². The zero-order valence-electron chi connectivity index (χ0n) is 12.3. The first-order valence-electron chi connectivity index (χ1n) is 7.31. The zero-order chi connectivity index (χ0) is 15.1. The number of benzene rings is 1. The molecule has 0 aliphatic carbocycles. The lowest BCUT2D eigenvalue weighted by Gasteiger charge is -2.17. The van der Waals surface area contributed by atoms with Crippen LogP contribution in [0.5, 0.6) is 0 Å². The van der Waals surface area contributed by atoms with Gasteiger partial charge in [-0.3, -0.25) is 4.90 Å². The highest BCUT2D eigenvalue weighted by Gasteiger charge is 2.20. The third-order valence-corrected chi connectivity index (χ3v) is 3.61. The van der Waals surface area contributed by atoms with Gasteiger partial charge in [-0.05, 0) is 17.5 Å². The van der Waals surface area contributed by atoms with Gasteiger partial charge in [-0.1, -0.05) is 30.3 Å². The number of likely N-dealkylation sites (tertiary alicyclic amines) is 1. The van der Waals surface area contributed by atoms with Gasteiger partial charge in [-0.15, -0.1) is 6.58 Å². The molecule has 21 heavy (non-hydrogen) atoms. The number of β-amino-alcohol motifs (C(OH)–C–C–N with tert-alkyl or cyclic N) is 1. The van der Waals surface area contributed by atoms with Crippen molar-refractivity contribution >= 4 is 5.96 Å². The maximum Gasteiger partial charge on any atom is 0.189 e. The molecule has 0 amide bonds. The molecular weight excluding hydrogens is 264 g/mol. The van der Waals surface area contributed by atoms with E-state index in [0.717, 1.165) is 26.1 Å². The van der Waals surface area contributed by atoms with E-state index in [1.807, 2.05) is 12.1 Å². The van der Waals surface area contributed by atoms with Gasteiger partial charge in [0.2, 0.25) is 0 Å². The van der Waals surface area contributed by atoms with Crippen LogP contribution in [-0.4, -0.2) is 41.7 Å². The van der Waals surface area contributed by atoms with E-state index in [1.54, 1.807) is 6.08 Å². The van der Waals surface area contributed by atoms with Gasteiger partial charge in [0.15, 0.2) is 5.96 Å². The summed E-state index contributed by atoms with van der Waals surface area (Å²) < 4.78 is 0. The molecule has 1 fully saturated rings. The largest absolute Gasteiger partial charge is 0.392 e. The second-order valence-electron chi connectivity index (χ2n) is 5.32. The van der Waals surface area contributed by atoms with Crippen molar-refractivity contribution in [1.82, 2.24) is 10.2 Å². The second kappa shape index (κ2) is 7.81. The minimum Gasteiger partial charge on any atom is -0.392 e. The smallest absolute Gasteiger partial charge is 0.189 e. The molecule has 114 valence electrons. The Morgan fingerprint density at radius 2 is 2.24 bits per heavy atom. The first-order valence-corrected chi connectivity index (χ1v) is 7.31. The van der Waals surface area contributed by atoms with Gasteiger partial charge in [0.1, 0.15) is 0 Å². The van der Waals surface area contributed by atoms with Crippen molar-refractivity contribution < 1.29 is 5.11 Å². The standard InChI is InChI=1S/C16H24N4O/c1-2-8-18-16(17)19-10-13-5-3-4-6-14(13)11-20-9-7-15(21)12-20/h2-6,15,21H,1,7-12H2,(H3,17,18,19). The highest BCUT2D eigenvalue weighted by molar-refractivity contribution is 5.77. The van der Waals surface area contributed by atoms with Crippen LogP contribution in [0.25, 0.3) is 0 Å². The van der Waals surface area contributed by atoms with Gasteiger partial charge >= 0.3 is 0 Å². The zero-order valence-corrected chi connectivity index (χ0v) is 12.3. The summed E-state index contributed by atoms with van der Waals surface area (Å²) in [5.41, 5.74) is 8.20. The number of nitrogens with one attached hydrogen (secondary N) is 1. The molecule has 5 nitrogen and oxygen atoms in total. The van der Waals surface area contributed by atoms with Gasteiger partial charge in [-0.2, -0.15) is 0 Å². The summed E-state index contributed by atoms with van der Waals surface area (Å²) >= 11 is 0. The molecule has 0 saturated carbocycles. The summed E-state index contributed by atoms with van der Waals surface area (Å²) in [4.78, 5) is 6.62. The Kier molecular flexibility index (Phi) is 5.78. The van der Waals surface area contributed by atoms with Crippen LogP contribution in [-0.2, 0) is 13.1 Å². The Hall–Kier alpha value is -1.85. The highest BCUT2D eigenvalue weighted by atomic mass is 16.3. The number of hydrogen-bond acceptors (Lipinski definition) is 3. The van der Waals surface area contributed by atoms with Gasteiger partial charge < -0.3 is 16.2 Å². The first kappa shape index (κ1) is 15.5. The molecule has 1 aromatic carbocycles. The molecule has 2 rings (SSSR count). The molecule has 1 aliphatic heterocycles. The molecule has 0 radical (unpaired) electrons. The third-order valence-electron chi connectivity index (χ3n) is 3.61. The summed E-state index contributed by atoms with van der Waals surface area (Å²) in [7, 11) is 0. The summed E-state index contributed by atoms with van der Waals surface area (Å²) in [6, 6.07) is 8.24. The van der Waals surface area contributed by atoms with Crippen molar-refractivity contribution in [3.63, 3.8) is 0 Å². The Balaban J connectivity index is 1.98. The van der Waals surface area contributed by atoms with Gasteiger partial charge in [0, 0.05) is 26.2 Å². The SMILES string of the molecule is C=CCNC(N)=NCc1ccccc1CN1CCC(O)C1. The minimum atomic E-state index is -0.186. The minimum absolute atomic E-state index is 0.186. The predicted octanol–water partition coefficient (Wildman–Crippen LogP) is 0.843. The summed E-state index contributed by atoms with van der Waals surface area (Å²) in [6.45, 7) is 7.35. The molecule has 0 aromatic heterocycles. The molecular formula is C16H24N4O. The average molecular weight is 288 g/mol. The predicted molar refractivity (Wildman–Crippen MR) is 85.9 cm³/mol. The number of hydrogen-bond donors (Lipinski definition) is 3.